The van der Waals surface area contributed by atoms with E-state index in [4.69, 9.17) is 20.4 Å². The van der Waals surface area contributed by atoms with Crippen molar-refractivity contribution in [3.05, 3.63) is 59.7 Å². The number of phenols is 1. The second-order valence-corrected chi connectivity index (χ2v) is 9.24. The molecule has 3 atom stereocenters. The lowest BCUT2D eigenvalue weighted by Gasteiger charge is -2.22. The van der Waals surface area contributed by atoms with Crippen molar-refractivity contribution in [1.82, 2.24) is 9.62 Å². The van der Waals surface area contributed by atoms with Crippen LogP contribution in [0, 0.1) is 0 Å². The number of amides is 3. The number of phenolic OH excluding ortho intramolecular Hbond substituents is 1. The smallest absolute Gasteiger partial charge is 0.362 e. The van der Waals surface area contributed by atoms with E-state index < -0.39 is 46.2 Å². The van der Waals surface area contributed by atoms with Crippen LogP contribution >= 0.6 is 0 Å². The van der Waals surface area contributed by atoms with Crippen LogP contribution in [0.25, 0.3) is 0 Å². The van der Waals surface area contributed by atoms with Crippen LogP contribution in [0.2, 0.25) is 0 Å². The van der Waals surface area contributed by atoms with Gasteiger partial charge in [-0.15, -0.1) is 0 Å². The highest BCUT2D eigenvalue weighted by atomic mass is 32.2. The molecule has 0 saturated carbocycles. The lowest BCUT2D eigenvalue weighted by molar-refractivity contribution is -0.122. The molecule has 2 aromatic carbocycles. The van der Waals surface area contributed by atoms with Gasteiger partial charge in [0.25, 0.3) is 11.8 Å². The molecule has 0 aromatic heterocycles. The van der Waals surface area contributed by atoms with E-state index >= 15 is 0 Å². The van der Waals surface area contributed by atoms with Crippen LogP contribution in [0.3, 0.4) is 0 Å². The van der Waals surface area contributed by atoms with E-state index in [0.29, 0.717) is 0 Å². The maximum atomic E-state index is 13.0. The van der Waals surface area contributed by atoms with Crippen LogP contribution in [0.15, 0.2) is 48.5 Å². The minimum atomic E-state index is -4.60. The van der Waals surface area contributed by atoms with E-state index in [9.17, 15) is 27.9 Å². The first-order valence-electron chi connectivity index (χ1n) is 10.5. The average Bonchev–Trinajstić information content (AvgIpc) is 3.22. The summed E-state index contributed by atoms with van der Waals surface area (Å²) in [6.45, 7) is -0.291. The van der Waals surface area contributed by atoms with Gasteiger partial charge >= 0.3 is 10.3 Å². The molecule has 188 valence electrons. The van der Waals surface area contributed by atoms with Gasteiger partial charge in [0.1, 0.15) is 6.04 Å². The lowest BCUT2D eigenvalue weighted by Crippen LogP contribution is -2.46. The summed E-state index contributed by atoms with van der Waals surface area (Å²) in [7, 11) is -3.30. The summed E-state index contributed by atoms with van der Waals surface area (Å²) in [6, 6.07) is 10.3. The van der Waals surface area contributed by atoms with Crippen LogP contribution < -0.4 is 20.9 Å². The number of hydrogen-bond donors (Lipinski definition) is 4. The first-order chi connectivity index (χ1) is 16.5. The third-order valence-electron chi connectivity index (χ3n) is 5.40. The van der Waals surface area contributed by atoms with E-state index in [-0.39, 0.29) is 36.4 Å². The number of primary amides is 1. The molecule has 6 N–H and O–H groups in total. The number of likely N-dealkylation sites (tertiary alicyclic amines) is 1. The molecule has 1 fully saturated rings. The van der Waals surface area contributed by atoms with Gasteiger partial charge in [0, 0.05) is 18.5 Å². The molecule has 1 aliphatic heterocycles. The van der Waals surface area contributed by atoms with Crippen LogP contribution in [0.5, 0.6) is 11.5 Å². The fraction of sp³-hybridized carbons (Fsp3) is 0.318. The van der Waals surface area contributed by atoms with Gasteiger partial charge in [0.05, 0.1) is 19.3 Å². The summed E-state index contributed by atoms with van der Waals surface area (Å²) >= 11 is 0. The molecule has 3 amide bonds. The van der Waals surface area contributed by atoms with Gasteiger partial charge in [-0.05, 0) is 30.2 Å². The molecule has 0 radical (unpaired) electrons. The number of nitrogens with one attached hydrogen (secondary N) is 1. The largest absolute Gasteiger partial charge is 0.504 e. The zero-order valence-corrected chi connectivity index (χ0v) is 19.6. The second kappa shape index (κ2) is 10.7. The molecule has 1 saturated heterocycles. The summed E-state index contributed by atoms with van der Waals surface area (Å²) in [6.07, 6.45) is -1.25. The number of nitrogens with two attached hydrogens (primary N) is 2. The van der Waals surface area contributed by atoms with Crippen LogP contribution in [-0.2, 0) is 30.5 Å². The van der Waals surface area contributed by atoms with Crippen LogP contribution in [0.1, 0.15) is 22.3 Å². The summed E-state index contributed by atoms with van der Waals surface area (Å²) in [5.41, 5.74) is 12.1. The van der Waals surface area contributed by atoms with Gasteiger partial charge in [-0.3, -0.25) is 14.4 Å². The van der Waals surface area contributed by atoms with Crippen molar-refractivity contribution >= 4 is 28.0 Å². The third kappa shape index (κ3) is 6.47. The molecule has 12 nitrogen and oxygen atoms in total. The number of hydrogen-bond acceptors (Lipinski definition) is 9. The Bertz CT molecular complexity index is 1210. The highest BCUT2D eigenvalue weighted by Gasteiger charge is 2.41. The Hall–Kier alpha value is -3.68. The number of carbonyl (C=O) groups excluding carboxylic acids is 3. The van der Waals surface area contributed by atoms with E-state index in [1.54, 1.807) is 35.1 Å². The van der Waals surface area contributed by atoms with Crippen molar-refractivity contribution < 1.29 is 36.8 Å². The van der Waals surface area contributed by atoms with E-state index in [1.807, 2.05) is 0 Å². The summed E-state index contributed by atoms with van der Waals surface area (Å²) in [5.74, 6) is -2.63. The van der Waals surface area contributed by atoms with Crippen molar-refractivity contribution in [1.29, 1.82) is 0 Å². The summed E-state index contributed by atoms with van der Waals surface area (Å²) < 4.78 is 36.7. The van der Waals surface area contributed by atoms with Crippen molar-refractivity contribution in [2.45, 2.75) is 31.0 Å². The molecule has 0 bridgehead atoms. The van der Waals surface area contributed by atoms with Gasteiger partial charge in [0.2, 0.25) is 5.91 Å². The maximum absolute atomic E-state index is 13.0. The zero-order chi connectivity index (χ0) is 25.8. The Morgan fingerprint density at radius 2 is 1.89 bits per heavy atom. The Labute approximate surface area is 202 Å². The first-order valence-corrected chi connectivity index (χ1v) is 11.9. The summed E-state index contributed by atoms with van der Waals surface area (Å²) in [5, 5.41) is 9.73. The zero-order valence-electron chi connectivity index (χ0n) is 18.8. The third-order valence-corrected chi connectivity index (χ3v) is 6.38. The molecular weight excluding hydrogens is 480 g/mol. The van der Waals surface area contributed by atoms with Gasteiger partial charge < -0.3 is 26.2 Å². The monoisotopic (exact) mass is 506 g/mol. The highest BCUT2D eigenvalue weighted by molar-refractivity contribution is 7.85. The van der Waals surface area contributed by atoms with E-state index in [0.717, 1.165) is 10.5 Å². The number of carbonyl (C=O) groups is 3. The van der Waals surface area contributed by atoms with E-state index in [2.05, 4.69) is 0 Å². The second-order valence-electron chi connectivity index (χ2n) is 7.93. The minimum absolute atomic E-state index is 0.0376. The predicted octanol–water partition coefficient (Wildman–Crippen LogP) is -0.583. The van der Waals surface area contributed by atoms with Gasteiger partial charge in [-0.25, -0.2) is 8.91 Å². The van der Waals surface area contributed by atoms with Crippen molar-refractivity contribution in [2.75, 3.05) is 13.7 Å². The number of benzene rings is 2. The molecule has 0 aliphatic carbocycles. The standard InChI is InChI=1S/C22H26N4O8S/c1-33-19-10-14(7-8-18(19)27)22(30)26-12-15(11-17(26)20(24)28)34-35(31,32)25-21(29)16(23)9-13-5-3-2-4-6-13/h2-8,10,15-17,27H,9,11-12,23H2,1H3,(H2,24,28)(H,25,29)/t15-,16+,17+/m1/s1. The van der Waals surface area contributed by atoms with Gasteiger partial charge in [-0.2, -0.15) is 8.42 Å². The van der Waals surface area contributed by atoms with Crippen LogP contribution in [-0.4, -0.2) is 68.0 Å². The number of aromatic hydroxyl groups is 1. The fourth-order valence-corrected chi connectivity index (χ4v) is 4.64. The number of methoxy groups -OCH3 is 1. The quantitative estimate of drug-likeness (QED) is 0.344. The molecule has 2 aromatic rings. The molecule has 35 heavy (non-hydrogen) atoms. The molecule has 3 rings (SSSR count). The fourth-order valence-electron chi connectivity index (χ4n) is 3.70. The molecule has 0 spiro atoms. The van der Waals surface area contributed by atoms with Gasteiger partial charge in [0.15, 0.2) is 11.5 Å². The highest BCUT2D eigenvalue weighted by Crippen LogP contribution is 2.29. The van der Waals surface area contributed by atoms with Crippen molar-refractivity contribution in [3.63, 3.8) is 0 Å². The van der Waals surface area contributed by atoms with Crippen molar-refractivity contribution in [3.8, 4) is 11.5 Å². The molecular formula is C22H26N4O8S. The van der Waals surface area contributed by atoms with Crippen LogP contribution in [0.4, 0.5) is 0 Å². The molecule has 1 heterocycles. The Kier molecular flexibility index (Phi) is 7.94. The first kappa shape index (κ1) is 25.9. The van der Waals surface area contributed by atoms with Gasteiger partial charge in [-0.1, -0.05) is 30.3 Å². The number of ether oxygens (including phenoxy) is 1. The molecule has 13 heteroatoms. The lowest BCUT2D eigenvalue weighted by atomic mass is 10.1. The topological polar surface area (TPSA) is 191 Å². The van der Waals surface area contributed by atoms with E-state index in [1.165, 1.54) is 25.3 Å². The number of nitrogens with zero attached hydrogens (tertiary/aromatic N) is 1. The number of rotatable bonds is 9. The predicted molar refractivity (Wildman–Crippen MR) is 123 cm³/mol. The summed E-state index contributed by atoms with van der Waals surface area (Å²) in [4.78, 5) is 38.3. The Balaban J connectivity index is 1.67. The normalized spacial score (nSPS) is 18.6. The Morgan fingerprint density at radius 1 is 1.20 bits per heavy atom. The maximum Gasteiger partial charge on any atom is 0.362 e. The Morgan fingerprint density at radius 3 is 2.51 bits per heavy atom. The SMILES string of the molecule is COc1cc(C(=O)N2C[C@H](OS(=O)(=O)NC(=O)[C@@H](N)Cc3ccccc3)C[C@H]2C(N)=O)ccc1O. The minimum Gasteiger partial charge on any atom is -0.504 e. The molecule has 0 unspecified atom stereocenters. The average molecular weight is 507 g/mol. The van der Waals surface area contributed by atoms with Crippen molar-refractivity contribution in [2.24, 2.45) is 11.5 Å². The molecule has 1 aliphatic rings.